The Morgan fingerprint density at radius 2 is 1.50 bits per heavy atom. The van der Waals surface area contributed by atoms with Gasteiger partial charge in [0.15, 0.2) is 0 Å². The van der Waals surface area contributed by atoms with Crippen LogP contribution in [0.15, 0.2) is 109 Å². The molecule has 0 bridgehead atoms. The fraction of sp³-hybridized carbons (Fsp3) is 0.125. The number of nitrogens with zero attached hydrogens (tertiary/aromatic N) is 2. The molecule has 0 saturated heterocycles. The van der Waals surface area contributed by atoms with Gasteiger partial charge in [-0.3, -0.25) is 0 Å². The van der Waals surface area contributed by atoms with Gasteiger partial charge in [-0.15, -0.1) is 35.4 Å². The van der Waals surface area contributed by atoms with Crippen LogP contribution in [0.5, 0.6) is 0 Å². The van der Waals surface area contributed by atoms with Crippen molar-refractivity contribution in [2.75, 3.05) is 0 Å². The molecule has 1 radical (unpaired) electrons. The van der Waals surface area contributed by atoms with Crippen molar-refractivity contribution in [3.05, 3.63) is 127 Å². The third-order valence-corrected chi connectivity index (χ3v) is 9.85. The Labute approximate surface area is 235 Å². The van der Waals surface area contributed by atoms with E-state index in [1.54, 1.807) is 12.1 Å². The van der Waals surface area contributed by atoms with Crippen LogP contribution in [-0.4, -0.2) is 23.2 Å². The van der Waals surface area contributed by atoms with Gasteiger partial charge in [-0.2, -0.15) is 0 Å². The van der Waals surface area contributed by atoms with E-state index < -0.39 is 20.1 Å². The van der Waals surface area contributed by atoms with Crippen LogP contribution in [0.25, 0.3) is 33.6 Å². The van der Waals surface area contributed by atoms with E-state index in [0.29, 0.717) is 5.69 Å². The Balaban J connectivity index is 0.000000220. The zero-order chi connectivity index (χ0) is 27.2. The minimum Gasteiger partial charge on any atom is 0 e. The van der Waals surface area contributed by atoms with Gasteiger partial charge in [-0.25, -0.2) is 0 Å². The molecule has 3 aromatic carbocycles. The van der Waals surface area contributed by atoms with Crippen molar-refractivity contribution < 1.29 is 24.2 Å². The van der Waals surface area contributed by atoms with Crippen LogP contribution in [0.2, 0.25) is 17.3 Å². The predicted molar refractivity (Wildman–Crippen MR) is 150 cm³/mol. The average Bonchev–Trinajstić information content (AvgIpc) is 2.94. The van der Waals surface area contributed by atoms with Crippen molar-refractivity contribution in [2.45, 2.75) is 24.1 Å². The largest absolute Gasteiger partial charge is 0 e. The van der Waals surface area contributed by atoms with Gasteiger partial charge >= 0.3 is 99.8 Å². The van der Waals surface area contributed by atoms with Gasteiger partial charge in [-0.1, -0.05) is 42.5 Å². The van der Waals surface area contributed by atoms with Crippen molar-refractivity contribution in [2.24, 2.45) is 0 Å². The predicted octanol–water partition coefficient (Wildman–Crippen LogP) is 7.62. The summed E-state index contributed by atoms with van der Waals surface area (Å²) in [6, 6.07) is 38.2. The van der Waals surface area contributed by atoms with E-state index in [4.69, 9.17) is 4.11 Å². The third-order valence-electron chi connectivity index (χ3n) is 5.57. The van der Waals surface area contributed by atoms with E-state index in [-0.39, 0.29) is 25.7 Å². The molecule has 183 valence electrons. The number of hydrogen-bond acceptors (Lipinski definition) is 2. The Morgan fingerprint density at radius 1 is 0.722 bits per heavy atom. The Bertz CT molecular complexity index is 1450. The summed E-state index contributed by atoms with van der Waals surface area (Å²) < 4.78 is 23.6. The first-order valence-electron chi connectivity index (χ1n) is 13.1. The van der Waals surface area contributed by atoms with Gasteiger partial charge in [0.1, 0.15) is 0 Å². The molecule has 0 atom stereocenters. The molecule has 0 amide bonds. The van der Waals surface area contributed by atoms with Gasteiger partial charge in [0, 0.05) is 30.4 Å². The first kappa shape index (κ1) is 23.5. The number of rotatable bonds is 4. The van der Waals surface area contributed by atoms with E-state index in [2.05, 4.69) is 57.6 Å². The first-order valence-corrected chi connectivity index (χ1v) is 18.9. The fourth-order valence-corrected chi connectivity index (χ4v) is 5.83. The zero-order valence-corrected chi connectivity index (χ0v) is 25.1. The minimum atomic E-state index is -2.12. The maximum absolute atomic E-state index is 7.38. The second-order valence-electron chi connectivity index (χ2n) is 9.25. The molecule has 0 spiro atoms. The summed E-state index contributed by atoms with van der Waals surface area (Å²) in [5, 5.41) is 0. The Hall–Kier alpha value is -2.85. The van der Waals surface area contributed by atoms with E-state index >= 15 is 0 Å². The number of hydrogen-bond donors (Lipinski definition) is 0. The fourth-order valence-electron chi connectivity index (χ4n) is 3.55. The number of aromatic nitrogens is 2. The summed E-state index contributed by atoms with van der Waals surface area (Å²) in [4.78, 5) is 8.58. The van der Waals surface area contributed by atoms with E-state index in [1.807, 2.05) is 72.9 Å². The second kappa shape index (κ2) is 12.9. The molecule has 0 saturated carbocycles. The van der Waals surface area contributed by atoms with Crippen molar-refractivity contribution in [3.63, 3.8) is 0 Å². The molecule has 2 aromatic heterocycles. The Kier molecular flexibility index (Phi) is 8.45. The third kappa shape index (κ3) is 7.57. The smallest absolute Gasteiger partial charge is 0 e. The van der Waals surface area contributed by atoms with E-state index in [9.17, 15) is 0 Å². The maximum atomic E-state index is 7.38. The second-order valence-corrected chi connectivity index (χ2v) is 19.9. The summed E-state index contributed by atoms with van der Waals surface area (Å²) in [7, 11) is 0. The zero-order valence-electron chi connectivity index (χ0n) is 23.6. The van der Waals surface area contributed by atoms with E-state index in [1.165, 1.54) is 10.6 Å². The molecule has 5 aromatic rings. The topological polar surface area (TPSA) is 25.8 Å². The Morgan fingerprint density at radius 3 is 2.11 bits per heavy atom. The van der Waals surface area contributed by atoms with Crippen molar-refractivity contribution >= 4 is 17.7 Å². The monoisotopic (exact) mass is 712 g/mol. The summed E-state index contributed by atoms with van der Waals surface area (Å²) in [5.74, 6) is 7.18. The average molecular weight is 710 g/mol. The van der Waals surface area contributed by atoms with Crippen molar-refractivity contribution in [3.8, 4) is 33.6 Å². The van der Waals surface area contributed by atoms with Crippen LogP contribution < -0.4 is 4.40 Å². The van der Waals surface area contributed by atoms with Crippen LogP contribution in [-0.2, 0) is 20.1 Å². The van der Waals surface area contributed by atoms with Crippen LogP contribution in [0.4, 0.5) is 0 Å². The molecule has 0 unspecified atom stereocenters. The molecular formula is C32H30GeIrN2-2. The molecule has 0 aliphatic heterocycles. The standard InChI is InChI=1S/C18H14N.C14H16GeN.Ir/c1-14-10-11-18(19-13-14)17-9-5-8-16(12-17)15-6-3-2-4-7-15;1-15(2,3)13-9-7-12(8-10-13)14-6-4-5-11-16-14;/h2-8,10-13H,1H3;4-7,9-11H,1-3H3;/q2*-1;/i1D3;;. The summed E-state index contributed by atoms with van der Waals surface area (Å²) in [6.45, 7) is -2.12. The van der Waals surface area contributed by atoms with Gasteiger partial charge in [-0.05, 0) is 23.7 Å². The summed E-state index contributed by atoms with van der Waals surface area (Å²) in [6.07, 6.45) is 3.23. The van der Waals surface area contributed by atoms with Crippen LogP contribution in [0.3, 0.4) is 0 Å². The molecule has 5 rings (SSSR count). The van der Waals surface area contributed by atoms with Crippen LogP contribution in [0, 0.1) is 19.0 Å². The number of aryl methyl sites for hydroxylation is 1. The normalized spacial score (nSPS) is 12.1. The quantitative estimate of drug-likeness (QED) is 0.142. The summed E-state index contributed by atoms with van der Waals surface area (Å²) in [5.41, 5.74) is 6.08. The van der Waals surface area contributed by atoms with E-state index in [0.717, 1.165) is 27.9 Å². The van der Waals surface area contributed by atoms with Crippen molar-refractivity contribution in [1.29, 1.82) is 0 Å². The molecule has 4 heteroatoms. The van der Waals surface area contributed by atoms with Crippen molar-refractivity contribution in [1.82, 2.24) is 9.97 Å². The maximum Gasteiger partial charge on any atom is 0 e. The number of benzene rings is 3. The molecule has 2 nitrogen and oxygen atoms in total. The molecule has 0 fully saturated rings. The molecule has 2 heterocycles. The first-order chi connectivity index (χ1) is 18.1. The van der Waals surface area contributed by atoms with Gasteiger partial charge in [0.2, 0.25) is 0 Å². The minimum absolute atomic E-state index is 0. The molecule has 0 aliphatic rings. The van der Waals surface area contributed by atoms with Gasteiger partial charge in [0.05, 0.1) is 0 Å². The molecule has 0 N–H and O–H groups in total. The summed E-state index contributed by atoms with van der Waals surface area (Å²) >= 11 is -1.69. The SMILES string of the molecule is [2H]C([2H])([2H])c1ccc(-c2[c-]ccc(-c3ccccc3)c2)nc1.[CH3][Ge]([CH3])([CH3])[c]1c[c-]c(-c2ccccn2)cc1.[Ir]. The van der Waals surface area contributed by atoms with Crippen LogP contribution in [0.1, 0.15) is 9.68 Å². The van der Waals surface area contributed by atoms with Gasteiger partial charge < -0.3 is 4.98 Å². The number of pyridine rings is 2. The molecule has 36 heavy (non-hydrogen) atoms. The van der Waals surface area contributed by atoms with Gasteiger partial charge in [0.25, 0.3) is 0 Å². The molecular weight excluding hydrogens is 677 g/mol. The molecule has 0 aliphatic carbocycles. The van der Waals surface area contributed by atoms with Crippen LogP contribution >= 0.6 is 0 Å².